The zero-order chi connectivity index (χ0) is 8.97. The van der Waals surface area contributed by atoms with Crippen molar-refractivity contribution in [3.05, 3.63) is 0 Å². The maximum Gasteiger partial charge on any atom is 0.312 e. The fourth-order valence-corrected chi connectivity index (χ4v) is 1.59. The van der Waals surface area contributed by atoms with Gasteiger partial charge in [0.25, 0.3) is 0 Å². The third kappa shape index (κ3) is 2.70. The molecule has 0 bridgehead atoms. The van der Waals surface area contributed by atoms with E-state index in [0.29, 0.717) is 18.4 Å². The van der Waals surface area contributed by atoms with Crippen molar-refractivity contribution in [1.82, 2.24) is 10.6 Å². The van der Waals surface area contributed by atoms with E-state index in [0.717, 1.165) is 13.1 Å². The lowest BCUT2D eigenvalue weighted by atomic mass is 9.93. The number of rotatable bonds is 3. The summed E-state index contributed by atoms with van der Waals surface area (Å²) in [5.41, 5.74) is 4.97. The number of primary amides is 1. The number of urea groups is 1. The van der Waals surface area contributed by atoms with Crippen LogP contribution in [0.4, 0.5) is 4.79 Å². The Bertz CT molecular complexity index is 154. The highest BCUT2D eigenvalue weighted by Crippen LogP contribution is 2.17. The zero-order valence-corrected chi connectivity index (χ0v) is 7.47. The molecule has 0 spiro atoms. The van der Waals surface area contributed by atoms with Crippen molar-refractivity contribution in [2.75, 3.05) is 19.6 Å². The van der Waals surface area contributed by atoms with Crippen LogP contribution in [0.2, 0.25) is 0 Å². The second kappa shape index (κ2) is 4.30. The minimum Gasteiger partial charge on any atom is -0.352 e. The highest BCUT2D eigenvalue weighted by atomic mass is 16.2. The molecule has 2 unspecified atom stereocenters. The summed E-state index contributed by atoms with van der Waals surface area (Å²) in [6, 6.07) is -0.423. The lowest BCUT2D eigenvalue weighted by molar-refractivity contribution is 0.245. The molecule has 0 saturated carbocycles. The average molecular weight is 171 g/mol. The predicted molar refractivity (Wildman–Crippen MR) is 47.7 cm³/mol. The third-order valence-electron chi connectivity index (χ3n) is 2.50. The Kier molecular flexibility index (Phi) is 3.34. The van der Waals surface area contributed by atoms with Crippen molar-refractivity contribution in [3.63, 3.8) is 0 Å². The fraction of sp³-hybridized carbons (Fsp3) is 0.875. The van der Waals surface area contributed by atoms with Gasteiger partial charge in [-0.25, -0.2) is 4.79 Å². The first-order valence-electron chi connectivity index (χ1n) is 4.44. The summed E-state index contributed by atoms with van der Waals surface area (Å²) in [6.45, 7) is 5.02. The Hall–Kier alpha value is -0.770. The first kappa shape index (κ1) is 9.32. The molecule has 4 nitrogen and oxygen atoms in total. The SMILES string of the molecule is CC(CNC(N)=O)C1CCNC1. The average Bonchev–Trinajstić information content (AvgIpc) is 2.51. The smallest absolute Gasteiger partial charge is 0.312 e. The van der Waals surface area contributed by atoms with Gasteiger partial charge < -0.3 is 16.4 Å². The maximum atomic E-state index is 10.4. The van der Waals surface area contributed by atoms with Crippen LogP contribution in [0.3, 0.4) is 0 Å². The Labute approximate surface area is 72.9 Å². The molecular formula is C8H17N3O. The molecule has 0 aromatic rings. The molecular weight excluding hydrogens is 154 g/mol. The summed E-state index contributed by atoms with van der Waals surface area (Å²) >= 11 is 0. The molecule has 1 saturated heterocycles. The quantitative estimate of drug-likeness (QED) is 0.555. The van der Waals surface area contributed by atoms with Crippen molar-refractivity contribution >= 4 is 6.03 Å². The van der Waals surface area contributed by atoms with Crippen LogP contribution in [0, 0.1) is 11.8 Å². The second-order valence-electron chi connectivity index (χ2n) is 3.48. The van der Waals surface area contributed by atoms with Crippen LogP contribution in [0.15, 0.2) is 0 Å². The van der Waals surface area contributed by atoms with Gasteiger partial charge in [0.1, 0.15) is 0 Å². The highest BCUT2D eigenvalue weighted by molar-refractivity contribution is 5.71. The van der Waals surface area contributed by atoms with Crippen molar-refractivity contribution in [1.29, 1.82) is 0 Å². The minimum absolute atomic E-state index is 0.423. The standard InChI is InChI=1S/C8H17N3O/c1-6(4-11-8(9)12)7-2-3-10-5-7/h6-7,10H,2-5H2,1H3,(H3,9,11,12). The molecule has 1 rings (SSSR count). The van der Waals surface area contributed by atoms with E-state index in [4.69, 9.17) is 5.73 Å². The topological polar surface area (TPSA) is 67.1 Å². The molecule has 0 aromatic heterocycles. The van der Waals surface area contributed by atoms with E-state index in [1.54, 1.807) is 0 Å². The molecule has 1 aliphatic heterocycles. The van der Waals surface area contributed by atoms with E-state index in [1.807, 2.05) is 0 Å². The van der Waals surface area contributed by atoms with Crippen LogP contribution in [0.25, 0.3) is 0 Å². The highest BCUT2D eigenvalue weighted by Gasteiger charge is 2.20. The molecule has 1 heterocycles. The first-order valence-corrected chi connectivity index (χ1v) is 4.44. The molecule has 12 heavy (non-hydrogen) atoms. The van der Waals surface area contributed by atoms with Crippen LogP contribution in [0.1, 0.15) is 13.3 Å². The van der Waals surface area contributed by atoms with Gasteiger partial charge in [-0.2, -0.15) is 0 Å². The summed E-state index contributed by atoms with van der Waals surface area (Å²) in [4.78, 5) is 10.4. The van der Waals surface area contributed by atoms with E-state index in [9.17, 15) is 4.79 Å². The molecule has 1 aliphatic rings. The van der Waals surface area contributed by atoms with Gasteiger partial charge in [0.2, 0.25) is 0 Å². The van der Waals surface area contributed by atoms with Gasteiger partial charge in [-0.3, -0.25) is 0 Å². The van der Waals surface area contributed by atoms with E-state index < -0.39 is 6.03 Å². The van der Waals surface area contributed by atoms with Gasteiger partial charge in [-0.05, 0) is 31.3 Å². The second-order valence-corrected chi connectivity index (χ2v) is 3.48. The molecule has 0 aromatic carbocycles. The van der Waals surface area contributed by atoms with E-state index in [1.165, 1.54) is 6.42 Å². The Balaban J connectivity index is 2.17. The molecule has 4 N–H and O–H groups in total. The van der Waals surface area contributed by atoms with Gasteiger partial charge in [0.15, 0.2) is 0 Å². The summed E-state index contributed by atoms with van der Waals surface area (Å²) in [7, 11) is 0. The Morgan fingerprint density at radius 3 is 3.08 bits per heavy atom. The number of nitrogens with two attached hydrogens (primary N) is 1. The molecule has 0 radical (unpaired) electrons. The van der Waals surface area contributed by atoms with Crippen molar-refractivity contribution in [2.45, 2.75) is 13.3 Å². The summed E-state index contributed by atoms with van der Waals surface area (Å²) in [5.74, 6) is 1.21. The number of amides is 2. The zero-order valence-electron chi connectivity index (χ0n) is 7.47. The number of hydrogen-bond acceptors (Lipinski definition) is 2. The predicted octanol–water partition coefficient (Wildman–Crippen LogP) is -0.0997. The summed E-state index contributed by atoms with van der Waals surface area (Å²) < 4.78 is 0. The van der Waals surface area contributed by atoms with Crippen LogP contribution >= 0.6 is 0 Å². The summed E-state index contributed by atoms with van der Waals surface area (Å²) in [5, 5.41) is 5.93. The minimum atomic E-state index is -0.423. The Morgan fingerprint density at radius 1 is 1.83 bits per heavy atom. The first-order chi connectivity index (χ1) is 5.70. The summed E-state index contributed by atoms with van der Waals surface area (Å²) in [6.07, 6.45) is 1.21. The van der Waals surface area contributed by atoms with E-state index in [-0.39, 0.29) is 0 Å². The molecule has 70 valence electrons. The maximum absolute atomic E-state index is 10.4. The van der Waals surface area contributed by atoms with Crippen molar-refractivity contribution < 1.29 is 4.79 Å². The third-order valence-corrected chi connectivity index (χ3v) is 2.50. The molecule has 2 atom stereocenters. The lowest BCUT2D eigenvalue weighted by Crippen LogP contribution is -2.35. The number of nitrogens with one attached hydrogen (secondary N) is 2. The normalized spacial score (nSPS) is 25.2. The van der Waals surface area contributed by atoms with Crippen LogP contribution in [-0.4, -0.2) is 25.7 Å². The largest absolute Gasteiger partial charge is 0.352 e. The molecule has 1 fully saturated rings. The van der Waals surface area contributed by atoms with Crippen LogP contribution < -0.4 is 16.4 Å². The van der Waals surface area contributed by atoms with Crippen LogP contribution in [0.5, 0.6) is 0 Å². The fourth-order valence-electron chi connectivity index (χ4n) is 1.59. The van der Waals surface area contributed by atoms with Crippen molar-refractivity contribution in [3.8, 4) is 0 Å². The molecule has 4 heteroatoms. The van der Waals surface area contributed by atoms with E-state index in [2.05, 4.69) is 17.6 Å². The lowest BCUT2D eigenvalue weighted by Gasteiger charge is -2.17. The van der Waals surface area contributed by atoms with Crippen molar-refractivity contribution in [2.24, 2.45) is 17.6 Å². The molecule has 0 aliphatic carbocycles. The van der Waals surface area contributed by atoms with Gasteiger partial charge in [0.05, 0.1) is 0 Å². The monoisotopic (exact) mass is 171 g/mol. The van der Waals surface area contributed by atoms with Gasteiger partial charge in [0, 0.05) is 6.54 Å². The Morgan fingerprint density at radius 2 is 2.58 bits per heavy atom. The number of carbonyl (C=O) groups is 1. The number of hydrogen-bond donors (Lipinski definition) is 3. The van der Waals surface area contributed by atoms with Gasteiger partial charge >= 0.3 is 6.03 Å². The van der Waals surface area contributed by atoms with Crippen LogP contribution in [-0.2, 0) is 0 Å². The van der Waals surface area contributed by atoms with Gasteiger partial charge in [-0.1, -0.05) is 6.92 Å². The molecule has 2 amide bonds. The van der Waals surface area contributed by atoms with E-state index >= 15 is 0 Å². The number of carbonyl (C=O) groups excluding carboxylic acids is 1. The van der Waals surface area contributed by atoms with Gasteiger partial charge in [-0.15, -0.1) is 0 Å².